The van der Waals surface area contributed by atoms with Crippen LogP contribution < -0.4 is 21.3 Å². The maximum atomic E-state index is 2.64. The highest BCUT2D eigenvalue weighted by atomic mass is 15.2. The molecule has 3 aliphatic rings. The first-order valence-electron chi connectivity index (χ1n) is 19.6. The van der Waals surface area contributed by atoms with Crippen molar-refractivity contribution in [1.29, 1.82) is 0 Å². The molecule has 256 valence electrons. The lowest BCUT2D eigenvalue weighted by Crippen LogP contribution is -2.60. The maximum Gasteiger partial charge on any atom is 0.252 e. The number of fused-ring (bicyclic) bond motifs is 11. The Balaban J connectivity index is 1.22. The van der Waals surface area contributed by atoms with Crippen molar-refractivity contribution >= 4 is 94.5 Å². The first kappa shape index (κ1) is 29.1. The van der Waals surface area contributed by atoms with Gasteiger partial charge in [-0.25, -0.2) is 0 Å². The molecule has 4 heteroatoms. The predicted octanol–water partition coefficient (Wildman–Crippen LogP) is 11.3. The molecule has 4 heterocycles. The van der Waals surface area contributed by atoms with E-state index in [1.54, 1.807) is 0 Å². The molecule has 0 radical (unpaired) electrons. The van der Waals surface area contributed by atoms with Crippen molar-refractivity contribution in [2.24, 2.45) is 0 Å². The number of anilines is 3. The first-order chi connectivity index (χ1) is 27.8. The predicted molar refractivity (Wildman–Crippen MR) is 236 cm³/mol. The van der Waals surface area contributed by atoms with Gasteiger partial charge in [-0.3, -0.25) is 0 Å². The van der Waals surface area contributed by atoms with E-state index < -0.39 is 0 Å². The second kappa shape index (κ2) is 10.3. The van der Waals surface area contributed by atoms with Gasteiger partial charge < -0.3 is 14.0 Å². The van der Waals surface area contributed by atoms with Crippen LogP contribution in [0.15, 0.2) is 182 Å². The van der Waals surface area contributed by atoms with E-state index in [1.165, 1.54) is 110 Å². The fourth-order valence-corrected chi connectivity index (χ4v) is 10.9. The van der Waals surface area contributed by atoms with Gasteiger partial charge in [0.2, 0.25) is 0 Å². The van der Waals surface area contributed by atoms with Gasteiger partial charge in [0.25, 0.3) is 6.71 Å². The van der Waals surface area contributed by atoms with Crippen molar-refractivity contribution in [2.75, 3.05) is 4.90 Å². The first-order valence-corrected chi connectivity index (χ1v) is 19.6. The molecule has 0 bridgehead atoms. The summed E-state index contributed by atoms with van der Waals surface area (Å²) in [6, 6.07) is 68.2. The summed E-state index contributed by atoms with van der Waals surface area (Å²) in [7, 11) is 0. The lowest BCUT2D eigenvalue weighted by Gasteiger charge is -2.40. The highest BCUT2D eigenvalue weighted by molar-refractivity contribution is 7.00. The highest BCUT2D eigenvalue weighted by Crippen LogP contribution is 2.51. The smallest absolute Gasteiger partial charge is 0.252 e. The minimum atomic E-state index is 0.0541. The van der Waals surface area contributed by atoms with E-state index in [4.69, 9.17) is 0 Å². The van der Waals surface area contributed by atoms with Crippen LogP contribution in [0.1, 0.15) is 0 Å². The topological polar surface area (TPSA) is 13.1 Å². The third kappa shape index (κ3) is 3.43. The Kier molecular flexibility index (Phi) is 5.33. The number of hydrogen-bond donors (Lipinski definition) is 0. The van der Waals surface area contributed by atoms with E-state index >= 15 is 0 Å². The van der Waals surface area contributed by atoms with Crippen molar-refractivity contribution in [3.05, 3.63) is 182 Å². The van der Waals surface area contributed by atoms with Gasteiger partial charge in [0, 0.05) is 44.3 Å². The van der Waals surface area contributed by atoms with Crippen LogP contribution in [-0.4, -0.2) is 15.8 Å². The van der Waals surface area contributed by atoms with Gasteiger partial charge in [-0.1, -0.05) is 133 Å². The van der Waals surface area contributed by atoms with Crippen LogP contribution in [0.5, 0.6) is 0 Å². The van der Waals surface area contributed by atoms with Gasteiger partial charge in [0.1, 0.15) is 0 Å². The zero-order valence-corrected chi connectivity index (χ0v) is 30.2. The van der Waals surface area contributed by atoms with Crippen LogP contribution in [0.2, 0.25) is 0 Å². The van der Waals surface area contributed by atoms with Crippen LogP contribution in [0.4, 0.5) is 17.1 Å². The van der Waals surface area contributed by atoms with Crippen molar-refractivity contribution in [3.8, 4) is 33.6 Å². The Bertz CT molecular complexity index is 3500. The molecule has 0 fully saturated rings. The lowest BCUT2D eigenvalue weighted by atomic mass is 9.33. The monoisotopic (exact) mass is 707 g/mol. The lowest BCUT2D eigenvalue weighted by molar-refractivity contribution is 1.13. The molecule has 0 unspecified atom stereocenters. The summed E-state index contributed by atoms with van der Waals surface area (Å²) in [5.41, 5.74) is 20.3. The molecule has 2 aromatic heterocycles. The SMILES string of the molecule is c1ccc(N2c3ccccc3B3c4c2cc(-n2c5ccccc5c5ccccc52)cc4-n2c4ccc5cccc6c5c4c4c(ccc3c42)-c2ccccc2-6)cc1. The number of para-hydroxylation sites is 4. The van der Waals surface area contributed by atoms with E-state index in [1.807, 2.05) is 0 Å². The molecule has 14 rings (SSSR count). The third-order valence-corrected chi connectivity index (χ3v) is 13.0. The van der Waals surface area contributed by atoms with E-state index in [9.17, 15) is 0 Å². The molecule has 0 atom stereocenters. The summed E-state index contributed by atoms with van der Waals surface area (Å²) >= 11 is 0. The Morgan fingerprint density at radius 1 is 0.357 bits per heavy atom. The van der Waals surface area contributed by atoms with E-state index in [-0.39, 0.29) is 6.71 Å². The molecule has 2 aliphatic heterocycles. The Morgan fingerprint density at radius 2 is 1.02 bits per heavy atom. The van der Waals surface area contributed by atoms with Crippen molar-refractivity contribution in [1.82, 2.24) is 9.13 Å². The molecule has 0 saturated carbocycles. The average Bonchev–Trinajstić information content (AvgIpc) is 3.75. The quantitative estimate of drug-likeness (QED) is 0.163. The molecule has 1 aliphatic carbocycles. The highest BCUT2D eigenvalue weighted by Gasteiger charge is 2.43. The number of hydrogen-bond acceptors (Lipinski definition) is 1. The number of benzene rings is 9. The number of aromatic nitrogens is 2. The van der Waals surface area contributed by atoms with Crippen LogP contribution in [0.3, 0.4) is 0 Å². The Hall–Kier alpha value is -7.30. The number of nitrogens with zero attached hydrogens (tertiary/aromatic N) is 3. The molecular formula is C52H30BN3. The molecular weight excluding hydrogens is 677 g/mol. The summed E-state index contributed by atoms with van der Waals surface area (Å²) < 4.78 is 5.12. The van der Waals surface area contributed by atoms with Gasteiger partial charge in [0.05, 0.1) is 27.8 Å². The third-order valence-electron chi connectivity index (χ3n) is 13.0. The minimum Gasteiger partial charge on any atom is -0.311 e. The summed E-state index contributed by atoms with van der Waals surface area (Å²) in [4.78, 5) is 2.51. The summed E-state index contributed by atoms with van der Waals surface area (Å²) in [6.45, 7) is 0.0541. The summed E-state index contributed by atoms with van der Waals surface area (Å²) in [5, 5.41) is 7.86. The van der Waals surface area contributed by atoms with Crippen LogP contribution in [-0.2, 0) is 0 Å². The van der Waals surface area contributed by atoms with Gasteiger partial charge in [0.15, 0.2) is 0 Å². The second-order valence-corrected chi connectivity index (χ2v) is 15.6. The zero-order chi connectivity index (χ0) is 36.2. The molecule has 56 heavy (non-hydrogen) atoms. The molecule has 3 nitrogen and oxygen atoms in total. The van der Waals surface area contributed by atoms with Crippen molar-refractivity contribution in [2.45, 2.75) is 0 Å². The van der Waals surface area contributed by atoms with Gasteiger partial charge in [-0.15, -0.1) is 0 Å². The second-order valence-electron chi connectivity index (χ2n) is 15.6. The summed E-state index contributed by atoms with van der Waals surface area (Å²) in [5.74, 6) is 0. The average molecular weight is 708 g/mol. The van der Waals surface area contributed by atoms with Crippen molar-refractivity contribution in [3.63, 3.8) is 0 Å². The normalized spacial score (nSPS) is 13.3. The van der Waals surface area contributed by atoms with E-state index in [2.05, 4.69) is 196 Å². The fraction of sp³-hybridized carbons (Fsp3) is 0. The maximum absolute atomic E-state index is 2.64. The molecule has 0 saturated heterocycles. The van der Waals surface area contributed by atoms with Gasteiger partial charge in [-0.2, -0.15) is 0 Å². The van der Waals surface area contributed by atoms with Crippen LogP contribution >= 0.6 is 0 Å². The molecule has 11 aromatic rings. The molecule has 9 aromatic carbocycles. The van der Waals surface area contributed by atoms with Crippen LogP contribution in [0.25, 0.3) is 88.0 Å². The van der Waals surface area contributed by atoms with E-state index in [0.717, 1.165) is 11.4 Å². The summed E-state index contributed by atoms with van der Waals surface area (Å²) in [6.07, 6.45) is 0. The Morgan fingerprint density at radius 3 is 1.82 bits per heavy atom. The standard InChI is InChI=1S/C52H30BN3/c1-2-14-32(15-3-1)54-44-24-11-8-21-40(44)53-41-27-26-39-35-17-5-4-16-34(35)38-20-12-13-31-25-28-45-50(48(31)38)49(39)52(41)56(45)47-30-33(29-46(54)51(47)53)55-42-22-9-6-18-36(42)37-19-7-10-23-43(37)55/h1-30H. The molecule has 0 N–H and O–H groups in total. The number of rotatable bonds is 2. The van der Waals surface area contributed by atoms with Crippen molar-refractivity contribution < 1.29 is 0 Å². The largest absolute Gasteiger partial charge is 0.311 e. The van der Waals surface area contributed by atoms with E-state index in [0.29, 0.717) is 0 Å². The van der Waals surface area contributed by atoms with Gasteiger partial charge in [-0.05, 0) is 97.9 Å². The fourth-order valence-electron chi connectivity index (χ4n) is 10.9. The minimum absolute atomic E-state index is 0.0541. The van der Waals surface area contributed by atoms with Gasteiger partial charge >= 0.3 is 0 Å². The molecule has 0 spiro atoms. The Labute approximate surface area is 323 Å². The van der Waals surface area contributed by atoms with Crippen LogP contribution in [0, 0.1) is 0 Å². The zero-order valence-electron chi connectivity index (χ0n) is 30.2. The molecule has 0 amide bonds.